The van der Waals surface area contributed by atoms with Gasteiger partial charge in [0.05, 0.1) is 42.8 Å². The van der Waals surface area contributed by atoms with Crippen LogP contribution in [-0.4, -0.2) is 52.8 Å². The predicted octanol–water partition coefficient (Wildman–Crippen LogP) is 2.53. The number of para-hydroxylation sites is 2. The van der Waals surface area contributed by atoms with Gasteiger partial charge < -0.3 is 15.0 Å². The molecule has 0 bridgehead atoms. The number of anilines is 1. The fourth-order valence-electron chi connectivity index (χ4n) is 3.27. The van der Waals surface area contributed by atoms with Gasteiger partial charge in [0.25, 0.3) is 5.91 Å². The zero-order valence-electron chi connectivity index (χ0n) is 16.0. The number of morpholine rings is 1. The van der Waals surface area contributed by atoms with Crippen LogP contribution in [0.15, 0.2) is 67.0 Å². The lowest BCUT2D eigenvalue weighted by atomic mass is 10.1. The number of nitrogens with zero attached hydrogens (tertiary/aromatic N) is 3. The van der Waals surface area contributed by atoms with Gasteiger partial charge in [-0.2, -0.15) is 5.10 Å². The van der Waals surface area contributed by atoms with Crippen LogP contribution in [0.3, 0.4) is 0 Å². The van der Waals surface area contributed by atoms with Crippen molar-refractivity contribution < 1.29 is 14.3 Å². The van der Waals surface area contributed by atoms with Gasteiger partial charge in [0.1, 0.15) is 0 Å². The molecule has 0 aliphatic carbocycles. The summed E-state index contributed by atoms with van der Waals surface area (Å²) < 4.78 is 7.04. The van der Waals surface area contributed by atoms with Gasteiger partial charge in [-0.3, -0.25) is 9.59 Å². The normalized spacial score (nSPS) is 13.9. The Morgan fingerprint density at radius 1 is 1.00 bits per heavy atom. The van der Waals surface area contributed by atoms with Crippen molar-refractivity contribution in [3.63, 3.8) is 0 Å². The topological polar surface area (TPSA) is 76.5 Å². The van der Waals surface area contributed by atoms with E-state index in [1.165, 1.54) is 0 Å². The molecule has 7 nitrogen and oxygen atoms in total. The minimum atomic E-state index is -0.195. The van der Waals surface area contributed by atoms with E-state index in [0.29, 0.717) is 37.6 Å². The fraction of sp³-hybridized carbons (Fsp3) is 0.227. The van der Waals surface area contributed by atoms with Crippen LogP contribution >= 0.6 is 0 Å². The van der Waals surface area contributed by atoms with E-state index in [4.69, 9.17) is 4.74 Å². The van der Waals surface area contributed by atoms with Gasteiger partial charge in [-0.05, 0) is 29.8 Å². The molecule has 148 valence electrons. The lowest BCUT2D eigenvalue weighted by Gasteiger charge is -2.27. The first-order valence-electron chi connectivity index (χ1n) is 9.55. The third kappa shape index (κ3) is 4.52. The zero-order valence-corrected chi connectivity index (χ0v) is 16.0. The minimum Gasteiger partial charge on any atom is -0.378 e. The number of carbonyl (C=O) groups excluding carboxylic acids is 2. The Morgan fingerprint density at radius 2 is 1.72 bits per heavy atom. The van der Waals surface area contributed by atoms with Crippen LogP contribution in [0.25, 0.3) is 5.69 Å². The van der Waals surface area contributed by atoms with Crippen molar-refractivity contribution >= 4 is 17.5 Å². The summed E-state index contributed by atoms with van der Waals surface area (Å²) in [7, 11) is 0. The molecule has 29 heavy (non-hydrogen) atoms. The summed E-state index contributed by atoms with van der Waals surface area (Å²) in [5.41, 5.74) is 2.73. The van der Waals surface area contributed by atoms with Crippen LogP contribution in [-0.2, 0) is 16.0 Å². The molecule has 0 atom stereocenters. The third-order valence-corrected chi connectivity index (χ3v) is 4.75. The standard InChI is InChI=1S/C22H22N4O3/c27-21(14-17-15-23-26(16-17)18-6-2-1-3-7-18)24-20-9-5-4-8-19(20)22(28)25-10-12-29-13-11-25/h1-9,15-16H,10-14H2,(H,24,27). The second-order valence-electron chi connectivity index (χ2n) is 6.80. The van der Waals surface area contributed by atoms with E-state index >= 15 is 0 Å². The largest absolute Gasteiger partial charge is 0.378 e. The molecule has 1 aliphatic heterocycles. The number of rotatable bonds is 5. The number of ether oxygens (including phenoxy) is 1. The fourth-order valence-corrected chi connectivity index (χ4v) is 3.27. The van der Waals surface area contributed by atoms with Crippen LogP contribution in [0.1, 0.15) is 15.9 Å². The molecule has 0 saturated carbocycles. The molecule has 2 aromatic carbocycles. The summed E-state index contributed by atoms with van der Waals surface area (Å²) in [6.45, 7) is 2.18. The molecule has 3 aromatic rings. The monoisotopic (exact) mass is 390 g/mol. The van der Waals surface area contributed by atoms with Crippen LogP contribution < -0.4 is 5.32 Å². The maximum Gasteiger partial charge on any atom is 0.256 e. The SMILES string of the molecule is O=C(Cc1cnn(-c2ccccc2)c1)Nc1ccccc1C(=O)N1CCOCC1. The predicted molar refractivity (Wildman–Crippen MR) is 109 cm³/mol. The number of aromatic nitrogens is 2. The summed E-state index contributed by atoms with van der Waals surface area (Å²) >= 11 is 0. The van der Waals surface area contributed by atoms with Crippen LogP contribution in [0, 0.1) is 0 Å². The first kappa shape index (κ1) is 18.9. The minimum absolute atomic E-state index is 0.0962. The van der Waals surface area contributed by atoms with Gasteiger partial charge in [-0.1, -0.05) is 30.3 Å². The highest BCUT2D eigenvalue weighted by Gasteiger charge is 2.21. The number of benzene rings is 2. The van der Waals surface area contributed by atoms with Crippen molar-refractivity contribution in [2.24, 2.45) is 0 Å². The highest BCUT2D eigenvalue weighted by molar-refractivity contribution is 6.04. The quantitative estimate of drug-likeness (QED) is 0.726. The maximum atomic E-state index is 12.8. The summed E-state index contributed by atoms with van der Waals surface area (Å²) in [6.07, 6.45) is 3.68. The van der Waals surface area contributed by atoms with E-state index in [1.54, 1.807) is 40.0 Å². The Labute approximate surface area is 168 Å². The van der Waals surface area contributed by atoms with E-state index in [1.807, 2.05) is 36.5 Å². The van der Waals surface area contributed by atoms with Crippen molar-refractivity contribution in [3.8, 4) is 5.69 Å². The number of carbonyl (C=O) groups is 2. The van der Waals surface area contributed by atoms with Crippen LogP contribution in [0.5, 0.6) is 0 Å². The van der Waals surface area contributed by atoms with Crippen molar-refractivity contribution in [2.75, 3.05) is 31.6 Å². The second-order valence-corrected chi connectivity index (χ2v) is 6.80. The maximum absolute atomic E-state index is 12.8. The molecule has 2 amide bonds. The van der Waals surface area contributed by atoms with Crippen LogP contribution in [0.4, 0.5) is 5.69 Å². The van der Waals surface area contributed by atoms with Gasteiger partial charge in [-0.25, -0.2) is 4.68 Å². The van der Waals surface area contributed by atoms with E-state index < -0.39 is 0 Å². The van der Waals surface area contributed by atoms with Gasteiger partial charge in [0, 0.05) is 19.3 Å². The average molecular weight is 390 g/mol. The Balaban J connectivity index is 1.44. The lowest BCUT2D eigenvalue weighted by molar-refractivity contribution is -0.115. The third-order valence-electron chi connectivity index (χ3n) is 4.75. The highest BCUT2D eigenvalue weighted by Crippen LogP contribution is 2.19. The molecule has 0 unspecified atom stereocenters. The molecule has 1 fully saturated rings. The molecule has 1 N–H and O–H groups in total. The first-order valence-corrected chi connectivity index (χ1v) is 9.55. The Kier molecular flexibility index (Phi) is 5.67. The molecule has 1 saturated heterocycles. The van der Waals surface area contributed by atoms with Gasteiger partial charge in [0.15, 0.2) is 0 Å². The summed E-state index contributed by atoms with van der Waals surface area (Å²) in [5.74, 6) is -0.291. The Morgan fingerprint density at radius 3 is 2.52 bits per heavy atom. The van der Waals surface area contributed by atoms with Gasteiger partial charge in [-0.15, -0.1) is 0 Å². The highest BCUT2D eigenvalue weighted by atomic mass is 16.5. The molecule has 1 aromatic heterocycles. The van der Waals surface area contributed by atoms with Crippen LogP contribution in [0.2, 0.25) is 0 Å². The number of amides is 2. The summed E-state index contributed by atoms with van der Waals surface area (Å²) in [5, 5.41) is 7.19. The van der Waals surface area contributed by atoms with E-state index in [0.717, 1.165) is 11.3 Å². The molecule has 4 rings (SSSR count). The van der Waals surface area contributed by atoms with Crippen molar-refractivity contribution in [3.05, 3.63) is 78.1 Å². The van der Waals surface area contributed by atoms with Crippen molar-refractivity contribution in [1.29, 1.82) is 0 Å². The molecule has 2 heterocycles. The van der Waals surface area contributed by atoms with Crippen molar-refractivity contribution in [1.82, 2.24) is 14.7 Å². The Bertz CT molecular complexity index is 994. The first-order chi connectivity index (χ1) is 14.2. The average Bonchev–Trinajstić information content (AvgIpc) is 3.23. The Hall–Kier alpha value is -3.45. The number of hydrogen-bond donors (Lipinski definition) is 1. The molecule has 7 heteroatoms. The van der Waals surface area contributed by atoms with Gasteiger partial charge >= 0.3 is 0 Å². The number of hydrogen-bond acceptors (Lipinski definition) is 4. The molecule has 1 aliphatic rings. The van der Waals surface area contributed by atoms with E-state index in [-0.39, 0.29) is 18.2 Å². The molecule has 0 radical (unpaired) electrons. The van der Waals surface area contributed by atoms with E-state index in [9.17, 15) is 9.59 Å². The lowest BCUT2D eigenvalue weighted by Crippen LogP contribution is -2.41. The zero-order chi connectivity index (χ0) is 20.1. The van der Waals surface area contributed by atoms with Crippen molar-refractivity contribution in [2.45, 2.75) is 6.42 Å². The smallest absolute Gasteiger partial charge is 0.256 e. The molecular formula is C22H22N4O3. The number of nitrogens with one attached hydrogen (secondary N) is 1. The summed E-state index contributed by atoms with van der Waals surface area (Å²) in [4.78, 5) is 27.2. The second kappa shape index (κ2) is 8.70. The molecule has 0 spiro atoms. The summed E-state index contributed by atoms with van der Waals surface area (Å²) in [6, 6.07) is 16.8. The van der Waals surface area contributed by atoms with Gasteiger partial charge in [0.2, 0.25) is 5.91 Å². The van der Waals surface area contributed by atoms with E-state index in [2.05, 4.69) is 10.4 Å². The molecular weight excluding hydrogens is 368 g/mol.